The molecular formula is C142H116N4. The van der Waals surface area contributed by atoms with Gasteiger partial charge in [-0.3, -0.25) is 0 Å². The van der Waals surface area contributed by atoms with E-state index in [0.29, 0.717) is 0 Å². The summed E-state index contributed by atoms with van der Waals surface area (Å²) in [7, 11) is 0. The highest BCUT2D eigenvalue weighted by Gasteiger charge is 2.29. The largest absolute Gasteiger partial charge is 0.310 e. The minimum atomic E-state index is 0.977. The van der Waals surface area contributed by atoms with Crippen LogP contribution in [0.4, 0.5) is 68.2 Å². The molecule has 0 aliphatic rings. The van der Waals surface area contributed by atoms with Gasteiger partial charge >= 0.3 is 0 Å². The van der Waals surface area contributed by atoms with Crippen molar-refractivity contribution >= 4 is 133 Å². The van der Waals surface area contributed by atoms with Gasteiger partial charge in [-0.1, -0.05) is 340 Å². The molecule has 0 aromatic heterocycles. The Morgan fingerprint density at radius 2 is 0.315 bits per heavy atom. The molecule has 0 N–H and O–H groups in total. The number of aryl methyl sites for hydroxylation is 12. The topological polar surface area (TPSA) is 13.0 Å². The van der Waals surface area contributed by atoms with Crippen LogP contribution in [0.15, 0.2) is 461 Å². The van der Waals surface area contributed by atoms with Gasteiger partial charge in [-0.25, -0.2) is 0 Å². The van der Waals surface area contributed by atoms with Crippen LogP contribution >= 0.6 is 0 Å². The quantitative estimate of drug-likeness (QED) is 0.0627. The number of hydrogen-bond acceptors (Lipinski definition) is 4. The lowest BCUT2D eigenvalue weighted by Crippen LogP contribution is -2.12. The van der Waals surface area contributed by atoms with E-state index in [1.165, 1.54) is 220 Å². The summed E-state index contributed by atoms with van der Waals surface area (Å²) in [6.45, 7) is 26.5. The first-order valence-electron chi connectivity index (χ1n) is 51.4. The number of benzene rings is 24. The van der Waals surface area contributed by atoms with Crippen LogP contribution in [0, 0.1) is 69.2 Å². The van der Waals surface area contributed by atoms with E-state index in [1.54, 1.807) is 0 Å². The van der Waals surface area contributed by atoms with Crippen molar-refractivity contribution in [1.82, 2.24) is 0 Å². The summed E-state index contributed by atoms with van der Waals surface area (Å²) in [5.41, 5.74) is 47.9. The van der Waals surface area contributed by atoms with Crippen molar-refractivity contribution in [2.24, 2.45) is 0 Å². The second-order valence-electron chi connectivity index (χ2n) is 39.8. The fourth-order valence-corrected chi connectivity index (χ4v) is 22.6. The second kappa shape index (κ2) is 39.1. The van der Waals surface area contributed by atoms with E-state index in [4.69, 9.17) is 0 Å². The van der Waals surface area contributed by atoms with Crippen LogP contribution in [0.2, 0.25) is 0 Å². The van der Waals surface area contributed by atoms with Gasteiger partial charge in [0.1, 0.15) is 0 Å². The first kappa shape index (κ1) is 92.3. The van der Waals surface area contributed by atoms with Crippen molar-refractivity contribution in [2.45, 2.75) is 95.9 Å². The maximum Gasteiger partial charge on any atom is 0.0540 e. The van der Waals surface area contributed by atoms with Gasteiger partial charge < -0.3 is 19.6 Å². The molecule has 146 heavy (non-hydrogen) atoms. The first-order chi connectivity index (χ1) is 71.4. The predicted octanol–water partition coefficient (Wildman–Crippen LogP) is 40.6. The molecule has 0 amide bonds. The molecule has 24 aromatic rings. The highest BCUT2D eigenvalue weighted by Crippen LogP contribution is 2.55. The molecule has 24 rings (SSSR count). The lowest BCUT2D eigenvalue weighted by molar-refractivity contribution is 1.14. The molecule has 0 unspecified atom stereocenters. The maximum atomic E-state index is 2.50. The minimum Gasteiger partial charge on any atom is -0.310 e. The highest BCUT2D eigenvalue weighted by atomic mass is 15.2. The average Bonchev–Trinajstić information content (AvgIpc) is 0.719. The molecule has 24 aromatic carbocycles. The molecule has 0 radical (unpaired) electrons. The molecule has 0 aliphatic heterocycles. The molecule has 0 aliphatic carbocycles. The van der Waals surface area contributed by atoms with Gasteiger partial charge in [0.25, 0.3) is 0 Å². The summed E-state index contributed by atoms with van der Waals surface area (Å²) in [6.07, 6.45) is 1.95. The number of hydrogen-bond donors (Lipinski definition) is 0. The molecule has 704 valence electrons. The predicted molar refractivity (Wildman–Crippen MR) is 629 cm³/mol. The van der Waals surface area contributed by atoms with Crippen molar-refractivity contribution in [3.63, 3.8) is 0 Å². The van der Waals surface area contributed by atoms with Crippen LogP contribution < -0.4 is 19.6 Å². The lowest BCUT2D eigenvalue weighted by atomic mass is 9.90. The van der Waals surface area contributed by atoms with Gasteiger partial charge in [-0.2, -0.15) is 0 Å². The molecule has 0 spiro atoms. The van der Waals surface area contributed by atoms with Crippen molar-refractivity contribution in [3.8, 4) is 89.0 Å². The zero-order valence-electron chi connectivity index (χ0n) is 85.1. The van der Waals surface area contributed by atoms with E-state index in [-0.39, 0.29) is 0 Å². The Balaban J connectivity index is 0.000000161. The van der Waals surface area contributed by atoms with Crippen LogP contribution in [-0.2, 0) is 12.8 Å². The normalized spacial score (nSPS) is 11.5. The molecule has 0 atom stereocenters. The van der Waals surface area contributed by atoms with E-state index in [9.17, 15) is 0 Å². The van der Waals surface area contributed by atoms with Crippen LogP contribution in [0.3, 0.4) is 0 Å². The molecule has 4 nitrogen and oxygen atoms in total. The third-order valence-corrected chi connectivity index (χ3v) is 30.3. The maximum absolute atomic E-state index is 2.50. The molecule has 0 fully saturated rings. The summed E-state index contributed by atoms with van der Waals surface area (Å²) < 4.78 is 0. The van der Waals surface area contributed by atoms with Crippen LogP contribution in [-0.4, -0.2) is 0 Å². The van der Waals surface area contributed by atoms with Gasteiger partial charge in [0.05, 0.1) is 22.7 Å². The molecule has 0 saturated carbocycles. The number of anilines is 12. The smallest absolute Gasteiger partial charge is 0.0540 e. The van der Waals surface area contributed by atoms with Crippen LogP contribution in [0.1, 0.15) is 80.6 Å². The van der Waals surface area contributed by atoms with E-state index < -0.39 is 0 Å². The standard InChI is InChI=1S/C72H60N2.C70H56N2/c1-7-51-25-33-59(34-26-51)73(61-43-55(63-21-13-9-17-47(63)3)41-56(44-61)64-22-14-10-18-48(64)4)69-39-31-53-30-38-68-70(40-32-54-29-37-67(69)71(53)72(54)68)74(60-35-27-52(8-2)28-36-60)62-45-57(65-23-15-11-19-49(65)5)42-58(46-62)66-24-16-12-20-50(66)6;1-45-23-31-57(32-24-45)71(59-41-53(61-19-11-7-15-47(61)3)39-54(42-59)62-20-12-8-16-48(62)4)67-37-29-51-28-36-66-68(38-30-52-27-35-65(67)69(51)70(52)66)72(58-33-25-46(2)26-34-58)60-43-55(63-21-13-9-17-49(63)5)40-56(44-60)64-22-14-10-18-50(64)6/h9-46H,7-8H2,1-6H3;7-44H,1-6H3. The SMILES string of the molecule is CCc1ccc(N(c2cc(-c3ccccc3C)cc(-c3ccccc3C)c2)c2ccc3ccc4c(N(c5ccc(CC)cc5)c5cc(-c6ccccc6C)cc(-c6ccccc6C)c5)ccc5ccc2c3c54)cc1.Cc1ccc(N(c2cc(-c3ccccc3C)cc(-c3ccccc3C)c2)c2ccc3ccc4c(N(c5ccc(C)cc5)c5cc(-c6ccccc6C)cc(-c6ccccc6C)c5)ccc5ccc2c3c54)cc1. The minimum absolute atomic E-state index is 0.977. The van der Waals surface area contributed by atoms with E-state index in [1.807, 2.05) is 0 Å². The monoisotopic (exact) mass is 1880 g/mol. The van der Waals surface area contributed by atoms with Crippen molar-refractivity contribution in [2.75, 3.05) is 19.6 Å². The zero-order valence-corrected chi connectivity index (χ0v) is 85.1. The number of nitrogens with zero attached hydrogens (tertiary/aromatic N) is 4. The first-order valence-corrected chi connectivity index (χ1v) is 51.4. The van der Waals surface area contributed by atoms with Crippen molar-refractivity contribution in [3.05, 3.63) is 528 Å². The Morgan fingerprint density at radius 1 is 0.151 bits per heavy atom. The zero-order chi connectivity index (χ0) is 99.5. The molecule has 0 heterocycles. The van der Waals surface area contributed by atoms with Crippen LogP contribution in [0.5, 0.6) is 0 Å². The van der Waals surface area contributed by atoms with E-state index >= 15 is 0 Å². The third kappa shape index (κ3) is 17.4. The summed E-state index contributed by atoms with van der Waals surface area (Å²) in [5, 5.41) is 14.7. The van der Waals surface area contributed by atoms with Crippen molar-refractivity contribution in [1.29, 1.82) is 0 Å². The fourth-order valence-electron chi connectivity index (χ4n) is 22.6. The van der Waals surface area contributed by atoms with Gasteiger partial charge in [0.15, 0.2) is 0 Å². The molecule has 0 bridgehead atoms. The summed E-state index contributed by atoms with van der Waals surface area (Å²) in [5.74, 6) is 0. The lowest BCUT2D eigenvalue weighted by Gasteiger charge is -2.30. The van der Waals surface area contributed by atoms with Gasteiger partial charge in [-0.15, -0.1) is 0 Å². The Bertz CT molecular complexity index is 8290. The van der Waals surface area contributed by atoms with E-state index in [2.05, 4.69) is 564 Å². The Kier molecular flexibility index (Phi) is 24.7. The summed E-state index contributed by atoms with van der Waals surface area (Å²) in [4.78, 5) is 9.97. The Hall–Kier alpha value is -17.4. The highest BCUT2D eigenvalue weighted by molar-refractivity contribution is 6.30. The van der Waals surface area contributed by atoms with E-state index in [0.717, 1.165) is 81.1 Å². The van der Waals surface area contributed by atoms with Crippen LogP contribution in [0.25, 0.3) is 154 Å². The second-order valence-corrected chi connectivity index (χ2v) is 39.8. The number of rotatable bonds is 22. The summed E-state index contributed by atoms with van der Waals surface area (Å²) in [6, 6.07) is 173. The third-order valence-electron chi connectivity index (χ3n) is 30.3. The molecule has 4 heteroatoms. The van der Waals surface area contributed by atoms with Gasteiger partial charge in [0, 0.05) is 67.0 Å². The van der Waals surface area contributed by atoms with Gasteiger partial charge in [0.2, 0.25) is 0 Å². The van der Waals surface area contributed by atoms with Gasteiger partial charge in [-0.05, 0) is 415 Å². The fraction of sp³-hybridized carbons (Fsp3) is 0.0986. The Labute approximate surface area is 859 Å². The average molecular weight is 1880 g/mol. The molecule has 0 saturated heterocycles. The summed E-state index contributed by atoms with van der Waals surface area (Å²) >= 11 is 0. The van der Waals surface area contributed by atoms with Crippen molar-refractivity contribution < 1.29 is 0 Å². The Morgan fingerprint density at radius 3 is 0.486 bits per heavy atom. The molecular weight excluding hydrogens is 1760 g/mol.